The number of benzene rings is 1. The van der Waals surface area contributed by atoms with E-state index in [-0.39, 0.29) is 35.4 Å². The number of aromatic nitrogens is 2. The van der Waals surface area contributed by atoms with Gasteiger partial charge in [-0.05, 0) is 12.1 Å². The van der Waals surface area contributed by atoms with E-state index < -0.39 is 11.6 Å². The van der Waals surface area contributed by atoms with Crippen LogP contribution in [0.25, 0.3) is 0 Å². The second-order valence-corrected chi connectivity index (χ2v) is 6.44. The van der Waals surface area contributed by atoms with Gasteiger partial charge in [-0.2, -0.15) is 0 Å². The van der Waals surface area contributed by atoms with Crippen molar-refractivity contribution in [2.75, 3.05) is 31.2 Å². The fourth-order valence-corrected chi connectivity index (χ4v) is 2.80. The lowest BCUT2D eigenvalue weighted by molar-refractivity contribution is -0.114. The monoisotopic (exact) mass is 401 g/mol. The van der Waals surface area contributed by atoms with E-state index in [0.717, 1.165) is 6.20 Å². The van der Waals surface area contributed by atoms with Crippen LogP contribution in [0.1, 0.15) is 18.3 Å². The number of rotatable bonds is 7. The predicted octanol–water partition coefficient (Wildman–Crippen LogP) is 2.22. The number of morpholine rings is 1. The largest absolute Gasteiger partial charge is 0.378 e. The number of ketones is 1. The lowest BCUT2D eigenvalue weighted by atomic mass is 10.2. The number of nitrogens with one attached hydrogen (secondary N) is 2. The quantitative estimate of drug-likeness (QED) is 0.546. The molecule has 1 aromatic carbocycles. The molecule has 0 saturated carbocycles. The molecule has 0 unspecified atom stereocenters. The van der Waals surface area contributed by atoms with Crippen LogP contribution in [-0.4, -0.2) is 47.8 Å². The first-order valence-corrected chi connectivity index (χ1v) is 9.10. The highest BCUT2D eigenvalue weighted by molar-refractivity contribution is 6.09. The Morgan fingerprint density at radius 3 is 2.69 bits per heavy atom. The van der Waals surface area contributed by atoms with Crippen molar-refractivity contribution in [1.29, 1.82) is 5.41 Å². The van der Waals surface area contributed by atoms with E-state index in [4.69, 9.17) is 10.1 Å². The van der Waals surface area contributed by atoms with Gasteiger partial charge in [0.15, 0.2) is 23.2 Å². The van der Waals surface area contributed by atoms with Gasteiger partial charge in [0.05, 0.1) is 25.1 Å². The van der Waals surface area contributed by atoms with Crippen LogP contribution < -0.4 is 10.2 Å². The van der Waals surface area contributed by atoms with Gasteiger partial charge in [0.2, 0.25) is 0 Å². The molecule has 0 spiro atoms. The summed E-state index contributed by atoms with van der Waals surface area (Å²) in [6.45, 7) is 3.31. The topological polar surface area (TPSA) is 91.2 Å². The Hall–Kier alpha value is -3.20. The van der Waals surface area contributed by atoms with E-state index in [1.165, 1.54) is 19.1 Å². The summed E-state index contributed by atoms with van der Waals surface area (Å²) in [4.78, 5) is 21.7. The minimum absolute atomic E-state index is 0.0145. The number of ether oxygens (including phenoxy) is 1. The molecule has 1 fully saturated rings. The zero-order chi connectivity index (χ0) is 20.8. The zero-order valence-corrected chi connectivity index (χ0v) is 15.9. The number of Topliss-reactive ketones (excluding diaryl/α,β-unsaturated/α-hetero) is 1. The molecule has 9 heteroatoms. The molecule has 0 amide bonds. The van der Waals surface area contributed by atoms with Gasteiger partial charge in [-0.25, -0.2) is 18.7 Å². The SMILES string of the molecule is CC(=O)/C(=C/C(=N)c1ncc(F)c(N2CCOCC2)n1)NCc1ccccc1F. The van der Waals surface area contributed by atoms with Crippen molar-refractivity contribution in [3.05, 3.63) is 65.3 Å². The second kappa shape index (κ2) is 9.33. The first kappa shape index (κ1) is 20.5. The fourth-order valence-electron chi connectivity index (χ4n) is 2.80. The molecular weight excluding hydrogens is 380 g/mol. The molecule has 3 rings (SSSR count). The average molecular weight is 401 g/mol. The highest BCUT2D eigenvalue weighted by atomic mass is 19.1. The van der Waals surface area contributed by atoms with Gasteiger partial charge < -0.3 is 15.0 Å². The zero-order valence-electron chi connectivity index (χ0n) is 15.9. The normalized spacial score (nSPS) is 14.6. The number of allylic oxidation sites excluding steroid dienone is 2. The summed E-state index contributed by atoms with van der Waals surface area (Å²) < 4.78 is 33.2. The number of hydrogen-bond acceptors (Lipinski definition) is 7. The van der Waals surface area contributed by atoms with Gasteiger partial charge >= 0.3 is 0 Å². The standard InChI is InChI=1S/C20H21F2N5O2/c1-13(28)18(24-11-14-4-2-3-5-15(14)21)10-17(23)19-25-12-16(22)20(26-19)27-6-8-29-9-7-27/h2-5,10,12,23-24H,6-9,11H2,1H3/b18-10-,23-17?. The third-order valence-corrected chi connectivity index (χ3v) is 4.37. The molecule has 29 heavy (non-hydrogen) atoms. The van der Waals surface area contributed by atoms with Crippen LogP contribution in [0.2, 0.25) is 0 Å². The molecule has 7 nitrogen and oxygen atoms in total. The van der Waals surface area contributed by atoms with Crippen LogP contribution in [0.3, 0.4) is 0 Å². The first-order chi connectivity index (χ1) is 14.0. The molecule has 2 heterocycles. The Bertz CT molecular complexity index is 942. The Morgan fingerprint density at radius 2 is 2.00 bits per heavy atom. The molecule has 1 aliphatic heterocycles. The maximum absolute atomic E-state index is 14.2. The van der Waals surface area contributed by atoms with Gasteiger partial charge in [0.25, 0.3) is 0 Å². The maximum atomic E-state index is 14.2. The van der Waals surface area contributed by atoms with Crippen molar-refractivity contribution in [3.63, 3.8) is 0 Å². The highest BCUT2D eigenvalue weighted by Gasteiger charge is 2.19. The Labute approximate surface area is 166 Å². The summed E-state index contributed by atoms with van der Waals surface area (Å²) in [5.74, 6) is -1.23. The second-order valence-electron chi connectivity index (χ2n) is 6.44. The molecule has 0 radical (unpaired) electrons. The van der Waals surface area contributed by atoms with E-state index in [1.54, 1.807) is 23.1 Å². The molecule has 2 N–H and O–H groups in total. The molecule has 2 aromatic rings. The van der Waals surface area contributed by atoms with Crippen LogP contribution in [0.5, 0.6) is 0 Å². The van der Waals surface area contributed by atoms with E-state index in [9.17, 15) is 13.6 Å². The van der Waals surface area contributed by atoms with Crippen LogP contribution in [0.15, 0.2) is 42.2 Å². The summed E-state index contributed by atoms with van der Waals surface area (Å²) in [5.41, 5.74) is 0.337. The van der Waals surface area contributed by atoms with Gasteiger partial charge in [0.1, 0.15) is 11.5 Å². The van der Waals surface area contributed by atoms with Crippen LogP contribution >= 0.6 is 0 Å². The summed E-state index contributed by atoms with van der Waals surface area (Å²) in [7, 11) is 0. The number of carbonyl (C=O) groups is 1. The highest BCUT2D eigenvalue weighted by Crippen LogP contribution is 2.17. The Morgan fingerprint density at radius 1 is 1.28 bits per heavy atom. The molecule has 0 bridgehead atoms. The Balaban J connectivity index is 1.79. The first-order valence-electron chi connectivity index (χ1n) is 9.10. The minimum atomic E-state index is -0.586. The lowest BCUT2D eigenvalue weighted by Crippen LogP contribution is -2.37. The number of carbonyl (C=O) groups excluding carboxylic acids is 1. The van der Waals surface area contributed by atoms with Crippen molar-refractivity contribution in [3.8, 4) is 0 Å². The van der Waals surface area contributed by atoms with Crippen LogP contribution in [0.4, 0.5) is 14.6 Å². The molecule has 152 valence electrons. The van der Waals surface area contributed by atoms with Gasteiger partial charge in [-0.1, -0.05) is 18.2 Å². The molecule has 0 atom stereocenters. The van der Waals surface area contributed by atoms with Crippen LogP contribution in [-0.2, 0) is 16.1 Å². The average Bonchev–Trinajstić information content (AvgIpc) is 2.72. The fraction of sp³-hybridized carbons (Fsp3) is 0.300. The predicted molar refractivity (Wildman–Crippen MR) is 104 cm³/mol. The van der Waals surface area contributed by atoms with Gasteiger partial charge in [0, 0.05) is 32.1 Å². The van der Waals surface area contributed by atoms with Crippen molar-refractivity contribution in [2.24, 2.45) is 0 Å². The minimum Gasteiger partial charge on any atom is -0.378 e. The lowest BCUT2D eigenvalue weighted by Gasteiger charge is -2.28. The van der Waals surface area contributed by atoms with Crippen molar-refractivity contribution < 1.29 is 18.3 Å². The van der Waals surface area contributed by atoms with E-state index in [1.807, 2.05) is 0 Å². The number of nitrogens with zero attached hydrogens (tertiary/aromatic N) is 3. The summed E-state index contributed by atoms with van der Waals surface area (Å²) in [6, 6.07) is 6.20. The van der Waals surface area contributed by atoms with Crippen molar-refractivity contribution in [2.45, 2.75) is 13.5 Å². The summed E-state index contributed by atoms with van der Waals surface area (Å²) >= 11 is 0. The molecule has 0 aliphatic carbocycles. The molecular formula is C20H21F2N5O2. The number of halogens is 2. The molecule has 1 aromatic heterocycles. The number of anilines is 1. The Kier molecular flexibility index (Phi) is 6.61. The van der Waals surface area contributed by atoms with Crippen molar-refractivity contribution >= 4 is 17.3 Å². The van der Waals surface area contributed by atoms with Crippen LogP contribution in [0, 0.1) is 17.0 Å². The van der Waals surface area contributed by atoms with E-state index in [0.29, 0.717) is 31.9 Å². The third-order valence-electron chi connectivity index (χ3n) is 4.37. The maximum Gasteiger partial charge on any atom is 0.183 e. The molecule has 1 saturated heterocycles. The van der Waals surface area contributed by atoms with Crippen molar-refractivity contribution in [1.82, 2.24) is 15.3 Å². The third kappa shape index (κ3) is 5.20. The van der Waals surface area contributed by atoms with E-state index >= 15 is 0 Å². The smallest absolute Gasteiger partial charge is 0.183 e. The number of hydrogen-bond donors (Lipinski definition) is 2. The summed E-state index contributed by atoms with van der Waals surface area (Å²) in [5, 5.41) is 11.1. The van der Waals surface area contributed by atoms with Gasteiger partial charge in [-0.15, -0.1) is 0 Å². The summed E-state index contributed by atoms with van der Waals surface area (Å²) in [6.07, 6.45) is 2.27. The van der Waals surface area contributed by atoms with Gasteiger partial charge in [-0.3, -0.25) is 10.2 Å². The molecule has 1 aliphatic rings. The van der Waals surface area contributed by atoms with E-state index in [2.05, 4.69) is 15.3 Å².